The van der Waals surface area contributed by atoms with Crippen molar-refractivity contribution in [3.05, 3.63) is 16.7 Å². The third kappa shape index (κ3) is 8.39. The number of hydrogen-bond donors (Lipinski definition) is 1. The molecule has 0 saturated carbocycles. The number of hydrogen-bond acceptors (Lipinski definition) is 6. The van der Waals surface area contributed by atoms with Gasteiger partial charge in [-0.25, -0.2) is 14.5 Å². The number of halogens is 1. The fourth-order valence-electron chi connectivity index (χ4n) is 2.45. The summed E-state index contributed by atoms with van der Waals surface area (Å²) in [6, 6.07) is -0.0460. The Kier molecular flexibility index (Phi) is 9.61. The highest BCUT2D eigenvalue weighted by Crippen LogP contribution is 2.15. The Morgan fingerprint density at radius 1 is 1.43 bits per heavy atom. The van der Waals surface area contributed by atoms with Gasteiger partial charge in [-0.1, -0.05) is 18.5 Å². The van der Waals surface area contributed by atoms with E-state index >= 15 is 0 Å². The summed E-state index contributed by atoms with van der Waals surface area (Å²) in [6.45, 7) is 7.98. The first-order valence-electron chi connectivity index (χ1n) is 9.44. The number of allylic oxidation sites excluding steroid dienone is 1. The van der Waals surface area contributed by atoms with Crippen molar-refractivity contribution in [2.45, 2.75) is 65.1 Å². The first kappa shape index (κ1) is 24.1. The molecule has 1 aromatic rings. The highest BCUT2D eigenvalue weighted by atomic mass is 35.5. The lowest BCUT2D eigenvalue weighted by atomic mass is 10.1. The lowest BCUT2D eigenvalue weighted by molar-refractivity contribution is -0.108. The Morgan fingerprint density at radius 2 is 2.11 bits per heavy atom. The Labute approximate surface area is 172 Å². The van der Waals surface area contributed by atoms with E-state index in [-0.39, 0.29) is 12.6 Å². The second-order valence-corrected chi connectivity index (χ2v) is 8.03. The number of aldehydes is 1. The zero-order chi connectivity index (χ0) is 21.3. The van der Waals surface area contributed by atoms with Crippen molar-refractivity contribution in [2.75, 3.05) is 13.6 Å². The predicted octanol–water partition coefficient (Wildman–Crippen LogP) is 3.11. The topological polar surface area (TPSA) is 89.3 Å². The highest BCUT2D eigenvalue weighted by Gasteiger charge is 2.25. The summed E-state index contributed by atoms with van der Waals surface area (Å²) in [5.41, 5.74) is -0.618. The second-order valence-electron chi connectivity index (χ2n) is 7.55. The van der Waals surface area contributed by atoms with Crippen LogP contribution in [-0.4, -0.2) is 57.3 Å². The lowest BCUT2D eigenvalue weighted by Crippen LogP contribution is -2.44. The molecule has 0 aromatic carbocycles. The van der Waals surface area contributed by atoms with Crippen LogP contribution in [0.3, 0.4) is 0 Å². The molecule has 1 rings (SSSR count). The van der Waals surface area contributed by atoms with Crippen LogP contribution < -0.4 is 5.32 Å². The summed E-state index contributed by atoms with van der Waals surface area (Å²) in [7, 11) is 3.58. The Hall–Kier alpha value is -1.93. The largest absolute Gasteiger partial charge is 0.444 e. The van der Waals surface area contributed by atoms with Gasteiger partial charge in [-0.15, -0.1) is 0 Å². The Balaban J connectivity index is 3.03. The number of carbonyl (C=O) groups excluding carboxylic acids is 2. The van der Waals surface area contributed by atoms with Crippen molar-refractivity contribution < 1.29 is 14.3 Å². The van der Waals surface area contributed by atoms with Gasteiger partial charge >= 0.3 is 6.09 Å². The number of carbonyl (C=O) groups is 2. The third-order valence-electron chi connectivity index (χ3n) is 3.93. The number of nitrogens with zero attached hydrogens (tertiary/aromatic N) is 4. The minimum Gasteiger partial charge on any atom is -0.444 e. The van der Waals surface area contributed by atoms with Crippen LogP contribution in [0.5, 0.6) is 0 Å². The van der Waals surface area contributed by atoms with Crippen molar-refractivity contribution in [1.29, 1.82) is 0 Å². The summed E-state index contributed by atoms with van der Waals surface area (Å²) in [5.74, 6) is 1.11. The van der Waals surface area contributed by atoms with Crippen molar-refractivity contribution in [1.82, 2.24) is 25.0 Å². The first-order chi connectivity index (χ1) is 13.1. The molecule has 0 aliphatic carbocycles. The number of amides is 1. The maximum atomic E-state index is 12.7. The number of ether oxygens (including phenoxy) is 1. The van der Waals surface area contributed by atoms with Gasteiger partial charge < -0.3 is 14.8 Å². The molecule has 1 unspecified atom stereocenters. The maximum Gasteiger partial charge on any atom is 0.410 e. The Morgan fingerprint density at radius 3 is 2.64 bits per heavy atom. The van der Waals surface area contributed by atoms with Crippen LogP contribution in [0.2, 0.25) is 0 Å². The average Bonchev–Trinajstić information content (AvgIpc) is 2.94. The van der Waals surface area contributed by atoms with E-state index in [1.165, 1.54) is 0 Å². The summed E-state index contributed by atoms with van der Waals surface area (Å²) in [4.78, 5) is 29.5. The van der Waals surface area contributed by atoms with Crippen LogP contribution in [0.4, 0.5) is 4.79 Å². The van der Waals surface area contributed by atoms with Crippen LogP contribution in [-0.2, 0) is 23.1 Å². The normalized spacial score (nSPS) is 13.3. The molecule has 1 N–H and O–H groups in total. The number of aryl methyl sites for hydroxylation is 1. The molecule has 0 spiro atoms. The lowest BCUT2D eigenvalue weighted by Gasteiger charge is -2.29. The van der Waals surface area contributed by atoms with Crippen LogP contribution in [0.1, 0.15) is 58.6 Å². The molecule has 1 atom stereocenters. The molecule has 1 amide bonds. The van der Waals surface area contributed by atoms with Gasteiger partial charge in [-0.05, 0) is 46.7 Å². The van der Waals surface area contributed by atoms with E-state index in [1.807, 2.05) is 27.7 Å². The molecular weight excluding hydrogens is 382 g/mol. The fourth-order valence-corrected chi connectivity index (χ4v) is 2.55. The summed E-state index contributed by atoms with van der Waals surface area (Å²) in [5, 5.41) is 8.20. The molecule has 1 aromatic heterocycles. The van der Waals surface area contributed by atoms with Crippen LogP contribution in [0.15, 0.2) is 5.03 Å². The quantitative estimate of drug-likeness (QED) is 0.593. The summed E-state index contributed by atoms with van der Waals surface area (Å²) >= 11 is 6.10. The van der Waals surface area contributed by atoms with E-state index in [0.29, 0.717) is 42.5 Å². The van der Waals surface area contributed by atoms with E-state index in [4.69, 9.17) is 16.3 Å². The van der Waals surface area contributed by atoms with Gasteiger partial charge in [-0.2, -0.15) is 5.10 Å². The van der Waals surface area contributed by atoms with Crippen molar-refractivity contribution in [2.24, 2.45) is 7.05 Å². The molecule has 0 radical (unpaired) electrons. The molecule has 0 bridgehead atoms. The molecule has 0 saturated heterocycles. The van der Waals surface area contributed by atoms with Crippen LogP contribution in [0.25, 0.3) is 6.08 Å². The zero-order valence-corrected chi connectivity index (χ0v) is 18.4. The number of likely N-dealkylation sites (N-methyl/N-ethyl adjacent to an activating group) is 1. The van der Waals surface area contributed by atoms with Gasteiger partial charge in [0, 0.05) is 31.1 Å². The van der Waals surface area contributed by atoms with E-state index in [2.05, 4.69) is 15.4 Å². The van der Waals surface area contributed by atoms with E-state index in [0.717, 1.165) is 6.29 Å². The maximum absolute atomic E-state index is 12.7. The van der Waals surface area contributed by atoms with Gasteiger partial charge in [0.25, 0.3) is 0 Å². The monoisotopic (exact) mass is 413 g/mol. The molecule has 0 aliphatic heterocycles. The predicted molar refractivity (Wildman–Crippen MR) is 110 cm³/mol. The standard InChI is InChI=1S/C19H32ClN5O3/c1-7-14(20)11-17-22-16(23-24(17)6)13-25(18(27)28-19(2,3)4)12-15(21-5)9-8-10-26/h10-11,15,21H,7-9,12-13H2,1-6H3/b14-11+. The number of rotatable bonds is 10. The third-order valence-corrected chi connectivity index (χ3v) is 4.31. The van der Waals surface area contributed by atoms with Crippen molar-refractivity contribution in [3.8, 4) is 0 Å². The molecule has 0 fully saturated rings. The molecule has 158 valence electrons. The number of nitrogens with one attached hydrogen (secondary N) is 1. The smallest absolute Gasteiger partial charge is 0.410 e. The summed E-state index contributed by atoms with van der Waals surface area (Å²) in [6.07, 6.45) is 3.92. The van der Waals surface area contributed by atoms with E-state index < -0.39 is 11.7 Å². The van der Waals surface area contributed by atoms with Crippen molar-refractivity contribution >= 4 is 30.1 Å². The molecule has 8 nitrogen and oxygen atoms in total. The minimum absolute atomic E-state index is 0.0460. The Bertz CT molecular complexity index is 682. The van der Waals surface area contributed by atoms with Crippen molar-refractivity contribution in [3.63, 3.8) is 0 Å². The van der Waals surface area contributed by atoms with Gasteiger partial charge in [0.1, 0.15) is 11.9 Å². The van der Waals surface area contributed by atoms with Gasteiger partial charge in [-0.3, -0.25) is 4.90 Å². The van der Waals surface area contributed by atoms with Crippen LogP contribution in [0, 0.1) is 0 Å². The van der Waals surface area contributed by atoms with Gasteiger partial charge in [0.05, 0.1) is 6.54 Å². The second kappa shape index (κ2) is 11.2. The molecular formula is C19H32ClN5O3. The number of aromatic nitrogens is 3. The van der Waals surface area contributed by atoms with Gasteiger partial charge in [0.15, 0.2) is 11.6 Å². The molecule has 1 heterocycles. The molecule has 9 heteroatoms. The van der Waals surface area contributed by atoms with Crippen LogP contribution >= 0.6 is 11.6 Å². The van der Waals surface area contributed by atoms with E-state index in [1.54, 1.807) is 29.8 Å². The first-order valence-corrected chi connectivity index (χ1v) is 9.82. The highest BCUT2D eigenvalue weighted by molar-refractivity contribution is 6.31. The zero-order valence-electron chi connectivity index (χ0n) is 17.7. The van der Waals surface area contributed by atoms with E-state index in [9.17, 15) is 9.59 Å². The molecule has 28 heavy (non-hydrogen) atoms. The molecule has 0 aliphatic rings. The summed E-state index contributed by atoms with van der Waals surface area (Å²) < 4.78 is 7.16. The minimum atomic E-state index is -0.618. The average molecular weight is 414 g/mol. The van der Waals surface area contributed by atoms with Gasteiger partial charge in [0.2, 0.25) is 0 Å². The SMILES string of the molecule is CC/C(Cl)=C\c1nc(CN(CC(CCC=O)NC)C(=O)OC(C)(C)C)nn1C. The fraction of sp³-hybridized carbons (Fsp3) is 0.684.